The van der Waals surface area contributed by atoms with E-state index in [1.807, 2.05) is 0 Å². The van der Waals surface area contributed by atoms with Gasteiger partial charge in [0.2, 0.25) is 0 Å². The van der Waals surface area contributed by atoms with Crippen molar-refractivity contribution in [3.8, 4) is 33.6 Å². The summed E-state index contributed by atoms with van der Waals surface area (Å²) in [6.07, 6.45) is 1.39. The summed E-state index contributed by atoms with van der Waals surface area (Å²) in [6, 6.07) is 14.4. The Hall–Kier alpha value is -2.73. The zero-order chi connectivity index (χ0) is 20.5. The molecule has 0 unspecified atom stereocenters. The van der Waals surface area contributed by atoms with E-state index >= 15 is 0 Å². The first-order chi connectivity index (χ1) is 14.0. The number of aromatic amines is 1. The second-order valence-corrected chi connectivity index (χ2v) is 7.40. The second kappa shape index (κ2) is 7.95. The van der Waals surface area contributed by atoms with E-state index in [2.05, 4.69) is 15.2 Å². The van der Waals surface area contributed by atoms with Crippen molar-refractivity contribution in [3.05, 3.63) is 92.0 Å². The lowest BCUT2D eigenvalue weighted by molar-refractivity contribution is 0.630. The van der Waals surface area contributed by atoms with E-state index in [9.17, 15) is 9.18 Å². The average Bonchev–Trinajstić information content (AvgIpc) is 2.70. The van der Waals surface area contributed by atoms with Gasteiger partial charge in [-0.25, -0.2) is 9.49 Å². The highest BCUT2D eigenvalue weighted by molar-refractivity contribution is 6.36. The maximum Gasteiger partial charge on any atom is 0.274 e. The Kier molecular flexibility index (Phi) is 5.37. The number of H-pyrrole nitrogens is 1. The number of nitrogens with one attached hydrogen (secondary N) is 1. The Morgan fingerprint density at radius 2 is 1.59 bits per heavy atom. The van der Waals surface area contributed by atoms with Gasteiger partial charge in [-0.15, -0.1) is 0 Å². The van der Waals surface area contributed by atoms with Crippen molar-refractivity contribution in [2.75, 3.05) is 0 Å². The van der Waals surface area contributed by atoms with E-state index in [1.165, 1.54) is 18.3 Å². The average molecular weight is 447 g/mol. The quantitative estimate of drug-likeness (QED) is 0.404. The first kappa shape index (κ1) is 19.6. The van der Waals surface area contributed by atoms with Crippen molar-refractivity contribution in [1.29, 1.82) is 0 Å². The highest BCUT2D eigenvalue weighted by Crippen LogP contribution is 2.39. The molecule has 2 aromatic carbocycles. The lowest BCUT2D eigenvalue weighted by atomic mass is 9.93. The third kappa shape index (κ3) is 3.77. The summed E-state index contributed by atoms with van der Waals surface area (Å²) in [7, 11) is 0. The van der Waals surface area contributed by atoms with Crippen molar-refractivity contribution >= 4 is 34.8 Å². The molecule has 0 radical (unpaired) electrons. The van der Waals surface area contributed by atoms with Crippen LogP contribution in [0.1, 0.15) is 0 Å². The molecule has 1 N–H and O–H groups in total. The van der Waals surface area contributed by atoms with E-state index in [1.54, 1.807) is 42.5 Å². The molecular weight excluding hydrogens is 436 g/mol. The molecule has 0 atom stereocenters. The van der Waals surface area contributed by atoms with Crippen molar-refractivity contribution in [1.82, 2.24) is 15.2 Å². The monoisotopic (exact) mass is 445 g/mol. The molecule has 4 rings (SSSR count). The smallest absolute Gasteiger partial charge is 0.267 e. The number of halogens is 4. The molecule has 0 fully saturated rings. The molecule has 0 spiro atoms. The van der Waals surface area contributed by atoms with Gasteiger partial charge in [-0.1, -0.05) is 59.1 Å². The Morgan fingerprint density at radius 1 is 0.862 bits per heavy atom. The van der Waals surface area contributed by atoms with Crippen LogP contribution in [-0.2, 0) is 0 Å². The summed E-state index contributed by atoms with van der Waals surface area (Å²) in [4.78, 5) is 17.1. The SMILES string of the molecule is O=c1[nH]nc(-c2ccccc2F)c(-c2ccc(Cl)cc2)c1-c1ncc(Cl)cc1Cl. The van der Waals surface area contributed by atoms with E-state index in [-0.39, 0.29) is 27.5 Å². The summed E-state index contributed by atoms with van der Waals surface area (Å²) in [5, 5.41) is 7.59. The molecule has 144 valence electrons. The maximum atomic E-state index is 14.6. The molecular formula is C21H11Cl3FN3O. The second-order valence-electron chi connectivity index (χ2n) is 6.12. The fourth-order valence-corrected chi connectivity index (χ4v) is 3.62. The van der Waals surface area contributed by atoms with Gasteiger partial charge in [0.05, 0.1) is 21.3 Å². The van der Waals surface area contributed by atoms with E-state index in [4.69, 9.17) is 34.8 Å². The van der Waals surface area contributed by atoms with Crippen LogP contribution >= 0.6 is 34.8 Å². The number of aromatic nitrogens is 3. The lowest BCUT2D eigenvalue weighted by Gasteiger charge is -2.15. The van der Waals surface area contributed by atoms with Crippen LogP contribution in [0.2, 0.25) is 15.1 Å². The van der Waals surface area contributed by atoms with Crippen molar-refractivity contribution in [2.45, 2.75) is 0 Å². The standard InChI is InChI=1S/C21H11Cl3FN3O/c22-12-7-5-11(6-8-12)17-18(20-15(24)9-13(23)10-26-20)21(29)28-27-19(17)14-3-1-2-4-16(14)25/h1-10H,(H,28,29). The van der Waals surface area contributed by atoms with Gasteiger partial charge in [-0.3, -0.25) is 9.78 Å². The Bertz CT molecular complexity index is 1270. The van der Waals surface area contributed by atoms with Crippen LogP contribution in [-0.4, -0.2) is 15.2 Å². The predicted octanol–water partition coefficient (Wildman–Crippen LogP) is 6.27. The van der Waals surface area contributed by atoms with Gasteiger partial charge in [0, 0.05) is 22.3 Å². The number of hydrogen-bond acceptors (Lipinski definition) is 3. The van der Waals surface area contributed by atoms with Gasteiger partial charge in [0.1, 0.15) is 11.5 Å². The summed E-state index contributed by atoms with van der Waals surface area (Å²) in [5.74, 6) is -0.483. The molecule has 4 nitrogen and oxygen atoms in total. The zero-order valence-corrected chi connectivity index (χ0v) is 16.9. The molecule has 0 saturated heterocycles. The van der Waals surface area contributed by atoms with E-state index in [0.717, 1.165) is 0 Å². The molecule has 0 aliphatic rings. The predicted molar refractivity (Wildman–Crippen MR) is 114 cm³/mol. The van der Waals surface area contributed by atoms with Gasteiger partial charge in [0.15, 0.2) is 0 Å². The summed E-state index contributed by atoms with van der Waals surface area (Å²) in [5.41, 5.74) is 1.30. The van der Waals surface area contributed by atoms with Crippen LogP contribution < -0.4 is 5.56 Å². The van der Waals surface area contributed by atoms with Crippen LogP contribution in [0.3, 0.4) is 0 Å². The van der Waals surface area contributed by atoms with Crippen LogP contribution in [0.15, 0.2) is 65.6 Å². The Balaban J connectivity index is 2.13. The van der Waals surface area contributed by atoms with E-state index in [0.29, 0.717) is 21.2 Å². The van der Waals surface area contributed by atoms with Crippen molar-refractivity contribution < 1.29 is 4.39 Å². The topological polar surface area (TPSA) is 58.6 Å². The van der Waals surface area contributed by atoms with Gasteiger partial charge >= 0.3 is 0 Å². The molecule has 0 saturated carbocycles. The number of rotatable bonds is 3. The van der Waals surface area contributed by atoms with Crippen LogP contribution in [0.5, 0.6) is 0 Å². The summed E-state index contributed by atoms with van der Waals surface area (Å²) < 4.78 is 14.6. The van der Waals surface area contributed by atoms with Crippen molar-refractivity contribution in [2.24, 2.45) is 0 Å². The maximum absolute atomic E-state index is 14.6. The molecule has 0 aliphatic heterocycles. The molecule has 0 aliphatic carbocycles. The van der Waals surface area contributed by atoms with Gasteiger partial charge < -0.3 is 0 Å². The number of pyridine rings is 1. The molecule has 0 amide bonds. The first-order valence-corrected chi connectivity index (χ1v) is 9.54. The Labute approximate surface area is 179 Å². The van der Waals surface area contributed by atoms with E-state index < -0.39 is 11.4 Å². The lowest BCUT2D eigenvalue weighted by Crippen LogP contribution is -2.15. The van der Waals surface area contributed by atoms with Gasteiger partial charge in [-0.2, -0.15) is 5.10 Å². The highest BCUT2D eigenvalue weighted by Gasteiger charge is 2.23. The molecule has 4 aromatic rings. The number of nitrogens with zero attached hydrogens (tertiary/aromatic N) is 2. The number of hydrogen-bond donors (Lipinski definition) is 1. The molecule has 2 heterocycles. The fraction of sp³-hybridized carbons (Fsp3) is 0. The summed E-state index contributed by atoms with van der Waals surface area (Å²) in [6.45, 7) is 0. The van der Waals surface area contributed by atoms with Crippen LogP contribution in [0, 0.1) is 5.82 Å². The van der Waals surface area contributed by atoms with Gasteiger partial charge in [-0.05, 0) is 35.9 Å². The highest BCUT2D eigenvalue weighted by atomic mass is 35.5. The van der Waals surface area contributed by atoms with Crippen LogP contribution in [0.25, 0.3) is 33.6 Å². The molecule has 8 heteroatoms. The van der Waals surface area contributed by atoms with Gasteiger partial charge in [0.25, 0.3) is 5.56 Å². The van der Waals surface area contributed by atoms with Crippen LogP contribution in [0.4, 0.5) is 4.39 Å². The minimum Gasteiger partial charge on any atom is -0.267 e. The largest absolute Gasteiger partial charge is 0.274 e. The Morgan fingerprint density at radius 3 is 2.28 bits per heavy atom. The normalized spacial score (nSPS) is 10.9. The molecule has 2 aromatic heterocycles. The minimum absolute atomic E-state index is 0.155. The first-order valence-electron chi connectivity index (χ1n) is 8.40. The fourth-order valence-electron chi connectivity index (χ4n) is 3.02. The number of benzene rings is 2. The third-order valence-corrected chi connectivity index (χ3v) is 5.04. The third-order valence-electron chi connectivity index (χ3n) is 4.29. The summed E-state index contributed by atoms with van der Waals surface area (Å²) >= 11 is 18.3. The van der Waals surface area contributed by atoms with Crippen molar-refractivity contribution in [3.63, 3.8) is 0 Å². The molecule has 0 bridgehead atoms. The zero-order valence-electron chi connectivity index (χ0n) is 14.6. The minimum atomic E-state index is -0.522. The molecule has 29 heavy (non-hydrogen) atoms.